The van der Waals surface area contributed by atoms with Crippen molar-refractivity contribution in [1.29, 1.82) is 0 Å². The summed E-state index contributed by atoms with van der Waals surface area (Å²) < 4.78 is 18.0. The van der Waals surface area contributed by atoms with Gasteiger partial charge in [-0.2, -0.15) is 0 Å². The zero-order chi connectivity index (χ0) is 21.8. The molecule has 5 heteroatoms. The number of benzene rings is 3. The first kappa shape index (κ1) is 20.5. The molecule has 4 aromatic rings. The number of methoxy groups -OCH3 is 2. The maximum absolute atomic E-state index is 12.9. The lowest BCUT2D eigenvalue weighted by molar-refractivity contribution is 0.414. The minimum absolute atomic E-state index is 0.372. The molecule has 5 nitrogen and oxygen atoms in total. The second-order valence-corrected chi connectivity index (χ2v) is 7.39. The molecule has 31 heavy (non-hydrogen) atoms. The van der Waals surface area contributed by atoms with Crippen molar-refractivity contribution in [2.75, 3.05) is 14.2 Å². The number of ether oxygens (including phenoxy) is 2. The summed E-state index contributed by atoms with van der Waals surface area (Å²) in [7, 11) is 3.26. The molecule has 0 aliphatic carbocycles. The number of rotatable bonds is 7. The normalized spacial score (nSPS) is 10.8. The molecule has 0 spiro atoms. The Balaban J connectivity index is 1.77. The summed E-state index contributed by atoms with van der Waals surface area (Å²) in [5.74, 6) is 1.67. The van der Waals surface area contributed by atoms with Gasteiger partial charge in [0.2, 0.25) is 0 Å². The van der Waals surface area contributed by atoms with Gasteiger partial charge >= 0.3 is 5.76 Å². The molecule has 3 aromatic carbocycles. The molecule has 4 rings (SSSR count). The smallest absolute Gasteiger partial charge is 0.420 e. The highest BCUT2D eigenvalue weighted by Crippen LogP contribution is 2.33. The molecule has 0 fully saturated rings. The van der Waals surface area contributed by atoms with Gasteiger partial charge in [-0.05, 0) is 67.4 Å². The minimum Gasteiger partial charge on any atom is -0.497 e. The molecule has 0 aliphatic rings. The fourth-order valence-electron chi connectivity index (χ4n) is 3.58. The molecule has 0 saturated heterocycles. The number of nitrogens with zero attached hydrogens (tertiary/aromatic N) is 1. The molecule has 1 heterocycles. The summed E-state index contributed by atoms with van der Waals surface area (Å²) in [5.41, 5.74) is 4.85. The first-order valence-electron chi connectivity index (χ1n) is 10.2. The Kier molecular flexibility index (Phi) is 5.94. The van der Waals surface area contributed by atoms with Crippen LogP contribution in [0.1, 0.15) is 11.1 Å². The third-order valence-electron chi connectivity index (χ3n) is 5.36. The van der Waals surface area contributed by atoms with Crippen molar-refractivity contribution in [2.24, 2.45) is 0 Å². The maximum Gasteiger partial charge on any atom is 0.420 e. The zero-order valence-electron chi connectivity index (χ0n) is 17.9. The highest BCUT2D eigenvalue weighted by atomic mass is 16.5. The summed E-state index contributed by atoms with van der Waals surface area (Å²) in [6.07, 6.45) is 0.727. The predicted molar refractivity (Wildman–Crippen MR) is 122 cm³/mol. The molecule has 0 N–H and O–H groups in total. The van der Waals surface area contributed by atoms with Gasteiger partial charge in [-0.15, -0.1) is 0 Å². The molecule has 0 amide bonds. The zero-order valence-corrected chi connectivity index (χ0v) is 17.9. The monoisotopic (exact) mass is 415 g/mol. The standard InChI is InChI=1S/C26H25NO4/c1-18-4-6-19(7-5-18)16-17-27-24(20-8-12-22(29-2)13-9-20)25(31-26(27)28)21-10-14-23(30-3)15-11-21/h4-15H,16-17H2,1-3H3. The Morgan fingerprint density at radius 2 is 1.32 bits per heavy atom. The van der Waals surface area contributed by atoms with Crippen LogP contribution in [0, 0.1) is 6.92 Å². The van der Waals surface area contributed by atoms with E-state index < -0.39 is 0 Å². The quantitative estimate of drug-likeness (QED) is 0.409. The van der Waals surface area contributed by atoms with Crippen LogP contribution in [0.2, 0.25) is 0 Å². The van der Waals surface area contributed by atoms with Crippen LogP contribution in [0.3, 0.4) is 0 Å². The number of aromatic nitrogens is 1. The Bertz CT molecular complexity index is 1200. The second kappa shape index (κ2) is 8.96. The number of hydrogen-bond donors (Lipinski definition) is 0. The molecular formula is C26H25NO4. The van der Waals surface area contributed by atoms with E-state index in [1.165, 1.54) is 11.1 Å². The van der Waals surface area contributed by atoms with Crippen molar-refractivity contribution in [1.82, 2.24) is 4.57 Å². The van der Waals surface area contributed by atoms with Crippen molar-refractivity contribution in [3.63, 3.8) is 0 Å². The molecule has 0 bridgehead atoms. The Labute approximate surface area is 181 Å². The van der Waals surface area contributed by atoms with Crippen molar-refractivity contribution >= 4 is 0 Å². The van der Waals surface area contributed by atoms with E-state index in [1.54, 1.807) is 18.8 Å². The van der Waals surface area contributed by atoms with Crippen LogP contribution >= 0.6 is 0 Å². The van der Waals surface area contributed by atoms with Crippen LogP contribution in [-0.2, 0) is 13.0 Å². The van der Waals surface area contributed by atoms with Crippen LogP contribution in [0.15, 0.2) is 82.0 Å². The third-order valence-corrected chi connectivity index (χ3v) is 5.36. The molecular weight excluding hydrogens is 390 g/mol. The molecule has 0 unspecified atom stereocenters. The van der Waals surface area contributed by atoms with Gasteiger partial charge in [-0.1, -0.05) is 29.8 Å². The largest absolute Gasteiger partial charge is 0.497 e. The van der Waals surface area contributed by atoms with E-state index in [0.717, 1.165) is 34.7 Å². The fourth-order valence-corrected chi connectivity index (χ4v) is 3.58. The van der Waals surface area contributed by atoms with Gasteiger partial charge in [0.25, 0.3) is 0 Å². The predicted octanol–water partition coefficient (Wildman–Crippen LogP) is 5.34. The lowest BCUT2D eigenvalue weighted by Crippen LogP contribution is -2.17. The van der Waals surface area contributed by atoms with Gasteiger partial charge in [-0.3, -0.25) is 4.57 Å². The number of hydrogen-bond acceptors (Lipinski definition) is 4. The fraction of sp³-hybridized carbons (Fsp3) is 0.192. The van der Waals surface area contributed by atoms with Crippen molar-refractivity contribution in [2.45, 2.75) is 19.9 Å². The van der Waals surface area contributed by atoms with E-state index in [2.05, 4.69) is 31.2 Å². The van der Waals surface area contributed by atoms with E-state index in [0.29, 0.717) is 12.3 Å². The van der Waals surface area contributed by atoms with E-state index in [1.807, 2.05) is 48.5 Å². The summed E-state index contributed by atoms with van der Waals surface area (Å²) in [5, 5.41) is 0. The van der Waals surface area contributed by atoms with Crippen LogP contribution in [0.25, 0.3) is 22.6 Å². The number of aryl methyl sites for hydroxylation is 2. The molecule has 0 aliphatic heterocycles. The molecule has 0 atom stereocenters. The van der Waals surface area contributed by atoms with Gasteiger partial charge in [0.05, 0.1) is 19.9 Å². The van der Waals surface area contributed by atoms with Crippen molar-refractivity contribution < 1.29 is 13.9 Å². The minimum atomic E-state index is -0.372. The average Bonchev–Trinajstić information content (AvgIpc) is 3.14. The summed E-state index contributed by atoms with van der Waals surface area (Å²) in [6, 6.07) is 23.5. The van der Waals surface area contributed by atoms with Crippen LogP contribution < -0.4 is 15.2 Å². The van der Waals surface area contributed by atoms with Gasteiger partial charge in [-0.25, -0.2) is 4.79 Å². The van der Waals surface area contributed by atoms with Crippen molar-refractivity contribution in [3.05, 3.63) is 94.5 Å². The SMILES string of the molecule is COc1ccc(-c2oc(=O)n(CCc3ccc(C)cc3)c2-c2ccc(OC)cc2)cc1. The van der Waals surface area contributed by atoms with E-state index >= 15 is 0 Å². The highest BCUT2D eigenvalue weighted by molar-refractivity contribution is 5.77. The molecule has 158 valence electrons. The maximum atomic E-state index is 12.9. The first-order chi connectivity index (χ1) is 15.1. The van der Waals surface area contributed by atoms with Crippen LogP contribution in [0.4, 0.5) is 0 Å². The van der Waals surface area contributed by atoms with Gasteiger partial charge in [0.1, 0.15) is 11.5 Å². The highest BCUT2D eigenvalue weighted by Gasteiger charge is 2.20. The van der Waals surface area contributed by atoms with Gasteiger partial charge in [0.15, 0.2) is 5.76 Å². The van der Waals surface area contributed by atoms with E-state index in [-0.39, 0.29) is 5.76 Å². The van der Waals surface area contributed by atoms with Crippen molar-refractivity contribution in [3.8, 4) is 34.1 Å². The third kappa shape index (κ3) is 4.40. The van der Waals surface area contributed by atoms with E-state index in [4.69, 9.17) is 13.9 Å². The molecule has 1 aromatic heterocycles. The Hall–Kier alpha value is -3.73. The lowest BCUT2D eigenvalue weighted by atomic mass is 10.0. The Morgan fingerprint density at radius 3 is 1.87 bits per heavy atom. The number of oxazole rings is 1. The van der Waals surface area contributed by atoms with Gasteiger partial charge in [0, 0.05) is 17.7 Å². The molecule has 0 radical (unpaired) electrons. The lowest BCUT2D eigenvalue weighted by Gasteiger charge is -2.10. The van der Waals surface area contributed by atoms with Crippen LogP contribution in [-0.4, -0.2) is 18.8 Å². The average molecular weight is 415 g/mol. The summed E-state index contributed by atoms with van der Waals surface area (Å²) in [6.45, 7) is 2.58. The Morgan fingerprint density at radius 1 is 0.774 bits per heavy atom. The van der Waals surface area contributed by atoms with Crippen LogP contribution in [0.5, 0.6) is 11.5 Å². The summed E-state index contributed by atoms with van der Waals surface area (Å²) in [4.78, 5) is 12.9. The topological polar surface area (TPSA) is 53.6 Å². The first-order valence-corrected chi connectivity index (χ1v) is 10.2. The second-order valence-electron chi connectivity index (χ2n) is 7.39. The molecule has 0 saturated carbocycles. The van der Waals surface area contributed by atoms with Gasteiger partial charge < -0.3 is 13.9 Å². The van der Waals surface area contributed by atoms with E-state index in [9.17, 15) is 4.79 Å². The summed E-state index contributed by atoms with van der Waals surface area (Å²) >= 11 is 0.